The van der Waals surface area contributed by atoms with Gasteiger partial charge in [-0.25, -0.2) is 9.97 Å². The third-order valence-corrected chi connectivity index (χ3v) is 4.77. The molecule has 2 aromatic heterocycles. The maximum atomic E-state index is 12.6. The van der Waals surface area contributed by atoms with Gasteiger partial charge in [0.15, 0.2) is 5.65 Å². The summed E-state index contributed by atoms with van der Waals surface area (Å²) in [5.74, 6) is 1.64. The molecule has 152 valence electrons. The first-order valence-corrected chi connectivity index (χ1v) is 8.64. The van der Waals surface area contributed by atoms with Gasteiger partial charge < -0.3 is 15.5 Å². The summed E-state index contributed by atoms with van der Waals surface area (Å²) in [6, 6.07) is -0.481. The molecule has 1 amide bonds. The molecule has 1 aliphatic heterocycles. The third kappa shape index (κ3) is 4.62. The molecular formula is C17H29Cl2N7O. The van der Waals surface area contributed by atoms with Crippen LogP contribution in [0, 0.1) is 12.3 Å². The zero-order chi connectivity index (χ0) is 18.4. The number of hydrogen-bond acceptors (Lipinski definition) is 6. The fourth-order valence-electron chi connectivity index (χ4n) is 3.06. The summed E-state index contributed by atoms with van der Waals surface area (Å²) in [6.07, 6.45) is 1.80. The van der Waals surface area contributed by atoms with Crippen LogP contribution < -0.4 is 10.6 Å². The van der Waals surface area contributed by atoms with Crippen LogP contribution in [0.4, 0.5) is 5.82 Å². The van der Waals surface area contributed by atoms with Crippen molar-refractivity contribution in [2.24, 2.45) is 18.2 Å². The molecule has 1 fully saturated rings. The molecule has 27 heavy (non-hydrogen) atoms. The summed E-state index contributed by atoms with van der Waals surface area (Å²) in [6.45, 7) is 10.6. The van der Waals surface area contributed by atoms with Gasteiger partial charge in [-0.3, -0.25) is 9.48 Å². The molecule has 0 aromatic carbocycles. The second-order valence-electron chi connectivity index (χ2n) is 7.76. The lowest BCUT2D eigenvalue weighted by Crippen LogP contribution is -2.56. The molecule has 0 saturated carbocycles. The monoisotopic (exact) mass is 417 g/mol. The highest BCUT2D eigenvalue weighted by atomic mass is 35.5. The van der Waals surface area contributed by atoms with Gasteiger partial charge in [0.05, 0.1) is 17.6 Å². The van der Waals surface area contributed by atoms with E-state index in [1.807, 2.05) is 39.6 Å². The molecule has 0 radical (unpaired) electrons. The highest BCUT2D eigenvalue weighted by molar-refractivity contribution is 5.87. The van der Waals surface area contributed by atoms with Gasteiger partial charge in [0, 0.05) is 33.2 Å². The average molecular weight is 418 g/mol. The first-order valence-electron chi connectivity index (χ1n) is 8.64. The summed E-state index contributed by atoms with van der Waals surface area (Å²) >= 11 is 0. The molecule has 3 rings (SSSR count). The minimum atomic E-state index is -0.481. The van der Waals surface area contributed by atoms with Gasteiger partial charge in [0.25, 0.3) is 0 Å². The number of nitrogens with zero attached hydrogens (tertiary/aromatic N) is 6. The van der Waals surface area contributed by atoms with Crippen LogP contribution in [-0.4, -0.2) is 62.8 Å². The summed E-state index contributed by atoms with van der Waals surface area (Å²) in [5, 5.41) is 5.24. The van der Waals surface area contributed by atoms with Crippen LogP contribution in [0.2, 0.25) is 0 Å². The number of nitrogens with two attached hydrogens (primary N) is 1. The molecule has 10 heteroatoms. The third-order valence-electron chi connectivity index (χ3n) is 4.77. The predicted molar refractivity (Wildman–Crippen MR) is 112 cm³/mol. The van der Waals surface area contributed by atoms with Crippen molar-refractivity contribution in [3.63, 3.8) is 0 Å². The van der Waals surface area contributed by atoms with Crippen LogP contribution in [0.1, 0.15) is 26.6 Å². The van der Waals surface area contributed by atoms with E-state index in [1.54, 1.807) is 10.9 Å². The van der Waals surface area contributed by atoms with E-state index in [9.17, 15) is 4.79 Å². The lowest BCUT2D eigenvalue weighted by Gasteiger charge is -2.38. The van der Waals surface area contributed by atoms with E-state index in [1.165, 1.54) is 0 Å². The van der Waals surface area contributed by atoms with Gasteiger partial charge >= 0.3 is 0 Å². The van der Waals surface area contributed by atoms with Gasteiger partial charge in [-0.1, -0.05) is 20.8 Å². The number of amides is 1. The number of piperazine rings is 1. The topological polar surface area (TPSA) is 93.2 Å². The molecule has 0 spiro atoms. The Kier molecular flexibility index (Phi) is 7.44. The molecule has 2 aromatic rings. The molecule has 8 nitrogen and oxygen atoms in total. The van der Waals surface area contributed by atoms with Crippen molar-refractivity contribution < 1.29 is 4.79 Å². The van der Waals surface area contributed by atoms with Crippen molar-refractivity contribution in [1.82, 2.24) is 24.6 Å². The number of hydrogen-bond donors (Lipinski definition) is 1. The number of carbonyl (C=O) groups excluding carboxylic acids is 1. The summed E-state index contributed by atoms with van der Waals surface area (Å²) in [5.41, 5.74) is 6.72. The number of halogens is 2. The number of carbonyl (C=O) groups is 1. The van der Waals surface area contributed by atoms with E-state index in [-0.39, 0.29) is 36.1 Å². The van der Waals surface area contributed by atoms with Gasteiger partial charge in [0.2, 0.25) is 5.91 Å². The van der Waals surface area contributed by atoms with Crippen molar-refractivity contribution in [1.29, 1.82) is 0 Å². The highest BCUT2D eigenvalue weighted by Crippen LogP contribution is 2.25. The average Bonchev–Trinajstić information content (AvgIpc) is 2.93. The Hall–Kier alpha value is -1.64. The van der Waals surface area contributed by atoms with Crippen LogP contribution in [0.25, 0.3) is 11.0 Å². The summed E-state index contributed by atoms with van der Waals surface area (Å²) in [7, 11) is 1.88. The van der Waals surface area contributed by atoms with E-state index in [0.717, 1.165) is 35.8 Å². The lowest BCUT2D eigenvalue weighted by atomic mass is 9.86. The summed E-state index contributed by atoms with van der Waals surface area (Å²) < 4.78 is 1.76. The van der Waals surface area contributed by atoms with E-state index in [2.05, 4.69) is 20.0 Å². The Bertz CT molecular complexity index is 794. The molecule has 1 atom stereocenters. The number of rotatable bonds is 2. The molecule has 1 aliphatic rings. The quantitative estimate of drug-likeness (QED) is 0.795. The Labute approximate surface area is 172 Å². The zero-order valence-corrected chi connectivity index (χ0v) is 18.1. The normalized spacial score (nSPS) is 15.9. The van der Waals surface area contributed by atoms with E-state index in [4.69, 9.17) is 5.73 Å². The predicted octanol–water partition coefficient (Wildman–Crippen LogP) is 1.54. The van der Waals surface area contributed by atoms with E-state index in [0.29, 0.717) is 13.1 Å². The minimum absolute atomic E-state index is 0. The maximum absolute atomic E-state index is 12.6. The Morgan fingerprint density at radius 1 is 1.15 bits per heavy atom. The van der Waals surface area contributed by atoms with Crippen LogP contribution >= 0.6 is 24.8 Å². The van der Waals surface area contributed by atoms with Crippen molar-refractivity contribution >= 4 is 47.6 Å². The van der Waals surface area contributed by atoms with Gasteiger partial charge in [-0.15, -0.1) is 24.8 Å². The smallest absolute Gasteiger partial charge is 0.240 e. The molecule has 3 heterocycles. The Morgan fingerprint density at radius 3 is 2.30 bits per heavy atom. The van der Waals surface area contributed by atoms with Crippen LogP contribution in [-0.2, 0) is 11.8 Å². The van der Waals surface area contributed by atoms with Crippen molar-refractivity contribution in [3.05, 3.63) is 12.0 Å². The maximum Gasteiger partial charge on any atom is 0.240 e. The molecule has 0 bridgehead atoms. The largest absolute Gasteiger partial charge is 0.352 e. The second kappa shape index (κ2) is 8.58. The first-order chi connectivity index (χ1) is 11.7. The number of aromatic nitrogens is 4. The van der Waals surface area contributed by atoms with Crippen molar-refractivity contribution in [2.75, 3.05) is 31.1 Å². The van der Waals surface area contributed by atoms with Crippen LogP contribution in [0.3, 0.4) is 0 Å². The lowest BCUT2D eigenvalue weighted by molar-refractivity contribution is -0.135. The number of anilines is 1. The fraction of sp³-hybridized carbons (Fsp3) is 0.647. The van der Waals surface area contributed by atoms with Crippen molar-refractivity contribution in [3.8, 4) is 0 Å². The standard InChI is InChI=1S/C17H27N7O.2ClH/c1-11-20-14-12(10-19-22(14)5)15(21-11)23-6-8-24(9-7-23)16(25)13(18)17(2,3)4;;/h10,13H,6-9,18H2,1-5H3;2*1H/t13-;;/m1../s1. The molecule has 0 aliphatic carbocycles. The number of aryl methyl sites for hydroxylation is 2. The Balaban J connectivity index is 0.00000182. The SMILES string of the molecule is Cc1nc(N2CCN(C(=O)[C@@H](N)C(C)(C)C)CC2)c2cnn(C)c2n1.Cl.Cl. The van der Waals surface area contributed by atoms with Gasteiger partial charge in [0.1, 0.15) is 11.6 Å². The summed E-state index contributed by atoms with van der Waals surface area (Å²) in [4.78, 5) is 25.7. The van der Waals surface area contributed by atoms with Gasteiger partial charge in [-0.05, 0) is 12.3 Å². The molecular weight excluding hydrogens is 389 g/mol. The number of fused-ring (bicyclic) bond motifs is 1. The second-order valence-corrected chi connectivity index (χ2v) is 7.76. The van der Waals surface area contributed by atoms with E-state index < -0.39 is 6.04 Å². The minimum Gasteiger partial charge on any atom is -0.352 e. The van der Waals surface area contributed by atoms with Crippen molar-refractivity contribution in [2.45, 2.75) is 33.7 Å². The van der Waals surface area contributed by atoms with Crippen LogP contribution in [0.15, 0.2) is 6.20 Å². The highest BCUT2D eigenvalue weighted by Gasteiger charge is 2.33. The first kappa shape index (κ1) is 23.4. The molecule has 0 unspecified atom stereocenters. The van der Waals surface area contributed by atoms with Crippen LogP contribution in [0.5, 0.6) is 0 Å². The van der Waals surface area contributed by atoms with Gasteiger partial charge in [-0.2, -0.15) is 5.10 Å². The molecule has 2 N–H and O–H groups in total. The fourth-order valence-corrected chi connectivity index (χ4v) is 3.06. The molecule has 1 saturated heterocycles. The van der Waals surface area contributed by atoms with E-state index >= 15 is 0 Å². The zero-order valence-electron chi connectivity index (χ0n) is 16.5. The Morgan fingerprint density at radius 2 is 1.74 bits per heavy atom.